The first-order valence-corrected chi connectivity index (χ1v) is 10.8. The summed E-state index contributed by atoms with van der Waals surface area (Å²) in [5.41, 5.74) is 0.620. The van der Waals surface area contributed by atoms with E-state index >= 15 is 0 Å². The van der Waals surface area contributed by atoms with Crippen LogP contribution in [0.15, 0.2) is 59.4 Å². The molecule has 1 aromatic heterocycles. The minimum atomic E-state index is -0.515. The second kappa shape index (κ2) is 9.23. The summed E-state index contributed by atoms with van der Waals surface area (Å²) in [5.74, 6) is 0.272. The first-order valence-electron chi connectivity index (χ1n) is 10.8. The lowest BCUT2D eigenvalue weighted by molar-refractivity contribution is -0.384. The lowest BCUT2D eigenvalue weighted by Gasteiger charge is -2.25. The molecular formula is C24H24N4O5. The molecule has 1 unspecified atom stereocenters. The molecule has 1 amide bonds. The van der Waals surface area contributed by atoms with Gasteiger partial charge in [0.25, 0.3) is 11.6 Å². The maximum absolute atomic E-state index is 13.4. The average molecular weight is 448 g/mol. The number of benzene rings is 2. The zero-order valence-electron chi connectivity index (χ0n) is 18.4. The Kier molecular flexibility index (Phi) is 6.21. The molecule has 0 radical (unpaired) electrons. The molecule has 170 valence electrons. The van der Waals surface area contributed by atoms with Crippen LogP contribution in [0.5, 0.6) is 5.75 Å². The van der Waals surface area contributed by atoms with Gasteiger partial charge in [0.05, 0.1) is 17.6 Å². The number of amides is 1. The first kappa shape index (κ1) is 22.2. The molecule has 9 nitrogen and oxygen atoms in total. The quantitative estimate of drug-likeness (QED) is 0.419. The fourth-order valence-corrected chi connectivity index (χ4v) is 4.18. The van der Waals surface area contributed by atoms with Crippen molar-refractivity contribution in [3.8, 4) is 11.4 Å². The fourth-order valence-electron chi connectivity index (χ4n) is 4.18. The summed E-state index contributed by atoms with van der Waals surface area (Å²) >= 11 is 0. The molecule has 33 heavy (non-hydrogen) atoms. The predicted molar refractivity (Wildman–Crippen MR) is 122 cm³/mol. The van der Waals surface area contributed by atoms with Crippen molar-refractivity contribution in [2.45, 2.75) is 32.7 Å². The maximum Gasteiger partial charge on any atom is 0.294 e. The van der Waals surface area contributed by atoms with E-state index in [0.29, 0.717) is 18.8 Å². The van der Waals surface area contributed by atoms with Gasteiger partial charge in [0.1, 0.15) is 11.4 Å². The Morgan fingerprint density at radius 1 is 1.21 bits per heavy atom. The van der Waals surface area contributed by atoms with Crippen LogP contribution in [0.2, 0.25) is 0 Å². The Labute approximate surface area is 190 Å². The summed E-state index contributed by atoms with van der Waals surface area (Å²) in [6, 6.07) is 14.8. The van der Waals surface area contributed by atoms with Gasteiger partial charge < -0.3 is 9.64 Å². The molecule has 0 N–H and O–H groups in total. The summed E-state index contributed by atoms with van der Waals surface area (Å²) in [5, 5.41) is 15.8. The van der Waals surface area contributed by atoms with Crippen LogP contribution in [-0.2, 0) is 0 Å². The molecule has 2 aromatic carbocycles. The van der Waals surface area contributed by atoms with Gasteiger partial charge >= 0.3 is 0 Å². The van der Waals surface area contributed by atoms with Gasteiger partial charge in [-0.2, -0.15) is 5.10 Å². The second-order valence-electron chi connectivity index (χ2n) is 7.81. The van der Waals surface area contributed by atoms with Crippen molar-refractivity contribution in [2.24, 2.45) is 0 Å². The number of carbonyl (C=O) groups excluding carboxylic acids is 1. The number of hydrogen-bond donors (Lipinski definition) is 0. The molecule has 3 aromatic rings. The first-order chi connectivity index (χ1) is 15.9. The molecule has 1 aliphatic rings. The minimum absolute atomic E-state index is 0.163. The van der Waals surface area contributed by atoms with Gasteiger partial charge in [0.15, 0.2) is 5.69 Å². The van der Waals surface area contributed by atoms with Crippen molar-refractivity contribution in [3.63, 3.8) is 0 Å². The summed E-state index contributed by atoms with van der Waals surface area (Å²) < 4.78 is 6.78. The highest BCUT2D eigenvalue weighted by Crippen LogP contribution is 2.33. The summed E-state index contributed by atoms with van der Waals surface area (Å²) in [7, 11) is 0. The van der Waals surface area contributed by atoms with E-state index in [0.717, 1.165) is 24.2 Å². The molecule has 9 heteroatoms. The highest BCUT2D eigenvalue weighted by atomic mass is 16.6. The third kappa shape index (κ3) is 4.34. The van der Waals surface area contributed by atoms with Crippen molar-refractivity contribution < 1.29 is 14.5 Å². The highest BCUT2D eigenvalue weighted by Gasteiger charge is 2.33. The van der Waals surface area contributed by atoms with Crippen molar-refractivity contribution in [1.82, 2.24) is 14.7 Å². The van der Waals surface area contributed by atoms with E-state index in [1.54, 1.807) is 24.0 Å². The summed E-state index contributed by atoms with van der Waals surface area (Å²) in [4.78, 5) is 38.8. The van der Waals surface area contributed by atoms with Gasteiger partial charge in [-0.15, -0.1) is 0 Å². The smallest absolute Gasteiger partial charge is 0.294 e. The predicted octanol–water partition coefficient (Wildman–Crippen LogP) is 3.83. The molecule has 0 spiro atoms. The van der Waals surface area contributed by atoms with Crippen LogP contribution in [0.3, 0.4) is 0 Å². The van der Waals surface area contributed by atoms with Gasteiger partial charge in [-0.25, -0.2) is 4.68 Å². The number of hydrogen-bond acceptors (Lipinski definition) is 6. The molecule has 1 aliphatic heterocycles. The molecule has 1 atom stereocenters. The normalized spacial score (nSPS) is 15.5. The molecule has 0 aliphatic carbocycles. The SMILES string of the molecule is CCOc1ccc(C2CCCN2C(=O)c2nn(-c3ccccc3[N+](=O)[O-])c(C)cc2=O)cc1. The Morgan fingerprint density at radius 3 is 2.64 bits per heavy atom. The molecule has 1 fully saturated rings. The van der Waals surface area contributed by atoms with Crippen LogP contribution >= 0.6 is 0 Å². The van der Waals surface area contributed by atoms with Gasteiger partial charge in [0, 0.05) is 24.4 Å². The molecule has 0 bridgehead atoms. The number of likely N-dealkylation sites (tertiary alicyclic amines) is 1. The Balaban J connectivity index is 1.70. The van der Waals surface area contributed by atoms with E-state index in [1.807, 2.05) is 31.2 Å². The summed E-state index contributed by atoms with van der Waals surface area (Å²) in [6.07, 6.45) is 1.57. The number of nitro benzene ring substituents is 1. The van der Waals surface area contributed by atoms with Gasteiger partial charge in [-0.3, -0.25) is 19.7 Å². The van der Waals surface area contributed by atoms with Crippen LogP contribution in [0, 0.1) is 17.0 Å². The minimum Gasteiger partial charge on any atom is -0.494 e. The number of rotatable bonds is 6. The number of nitrogens with zero attached hydrogens (tertiary/aromatic N) is 4. The fraction of sp³-hybridized carbons (Fsp3) is 0.292. The van der Waals surface area contributed by atoms with Crippen molar-refractivity contribution in [2.75, 3.05) is 13.2 Å². The van der Waals surface area contributed by atoms with Gasteiger partial charge in [0.2, 0.25) is 5.43 Å². The highest BCUT2D eigenvalue weighted by molar-refractivity contribution is 5.92. The summed E-state index contributed by atoms with van der Waals surface area (Å²) in [6.45, 7) is 4.60. The monoisotopic (exact) mass is 448 g/mol. The van der Waals surface area contributed by atoms with Crippen LogP contribution < -0.4 is 10.2 Å². The van der Waals surface area contributed by atoms with Crippen LogP contribution in [0.1, 0.15) is 47.6 Å². The Hall–Kier alpha value is -4.01. The number of carbonyl (C=O) groups is 1. The molecular weight excluding hydrogens is 424 g/mol. The number of aryl methyl sites for hydroxylation is 1. The third-order valence-electron chi connectivity index (χ3n) is 5.71. The van der Waals surface area contributed by atoms with Crippen molar-refractivity contribution >= 4 is 11.6 Å². The third-order valence-corrected chi connectivity index (χ3v) is 5.71. The van der Waals surface area contributed by atoms with E-state index in [9.17, 15) is 19.7 Å². The standard InChI is InChI=1S/C24H24N4O5/c1-3-33-18-12-10-17(11-13-18)19-9-6-14-26(19)24(30)23-22(29)15-16(2)27(25-23)20-7-4-5-8-21(20)28(31)32/h4-5,7-8,10-13,15,19H,3,6,9,14H2,1-2H3. The zero-order valence-corrected chi connectivity index (χ0v) is 18.4. The molecule has 2 heterocycles. The number of ether oxygens (including phenoxy) is 1. The van der Waals surface area contributed by atoms with Crippen molar-refractivity contribution in [3.05, 3.63) is 91.9 Å². The molecule has 1 saturated heterocycles. The second-order valence-corrected chi connectivity index (χ2v) is 7.81. The van der Waals surface area contributed by atoms with Gasteiger partial charge in [-0.1, -0.05) is 24.3 Å². The molecule has 4 rings (SSSR count). The van der Waals surface area contributed by atoms with E-state index in [1.165, 1.54) is 22.9 Å². The van der Waals surface area contributed by atoms with E-state index < -0.39 is 16.3 Å². The molecule has 0 saturated carbocycles. The van der Waals surface area contributed by atoms with E-state index in [-0.39, 0.29) is 23.1 Å². The van der Waals surface area contributed by atoms with Crippen LogP contribution in [0.25, 0.3) is 5.69 Å². The van der Waals surface area contributed by atoms with Crippen LogP contribution in [-0.4, -0.2) is 38.7 Å². The average Bonchev–Trinajstić information content (AvgIpc) is 3.29. The number of para-hydroxylation sites is 2. The van der Waals surface area contributed by atoms with E-state index in [4.69, 9.17) is 4.74 Å². The maximum atomic E-state index is 13.4. The largest absolute Gasteiger partial charge is 0.494 e. The lowest BCUT2D eigenvalue weighted by Crippen LogP contribution is -2.36. The van der Waals surface area contributed by atoms with Crippen LogP contribution in [0.4, 0.5) is 5.69 Å². The zero-order chi connectivity index (χ0) is 23.5. The van der Waals surface area contributed by atoms with E-state index in [2.05, 4.69) is 5.10 Å². The van der Waals surface area contributed by atoms with Crippen molar-refractivity contribution in [1.29, 1.82) is 0 Å². The lowest BCUT2D eigenvalue weighted by atomic mass is 10.0. The topological polar surface area (TPSA) is 108 Å². The Morgan fingerprint density at radius 2 is 1.94 bits per heavy atom. The number of nitro groups is 1. The Bertz CT molecular complexity index is 1250. The number of aromatic nitrogens is 2. The van der Waals surface area contributed by atoms with Gasteiger partial charge in [-0.05, 0) is 50.5 Å².